The van der Waals surface area contributed by atoms with E-state index in [2.05, 4.69) is 17.4 Å². The maximum atomic E-state index is 5.97. The van der Waals surface area contributed by atoms with Gasteiger partial charge in [-0.3, -0.25) is 0 Å². The highest BCUT2D eigenvalue weighted by Crippen LogP contribution is 2.38. The zero-order valence-corrected chi connectivity index (χ0v) is 8.85. The first-order chi connectivity index (χ1) is 6.83. The van der Waals surface area contributed by atoms with Crippen LogP contribution in [0.15, 0.2) is 18.2 Å². The van der Waals surface area contributed by atoms with Crippen LogP contribution in [-0.4, -0.2) is 6.04 Å². The summed E-state index contributed by atoms with van der Waals surface area (Å²) >= 11 is 5.97. The number of halogens is 1. The van der Waals surface area contributed by atoms with Gasteiger partial charge in [-0.15, -0.1) is 0 Å². The summed E-state index contributed by atoms with van der Waals surface area (Å²) < 4.78 is 0. The molecule has 0 saturated heterocycles. The van der Waals surface area contributed by atoms with Crippen LogP contribution in [0.2, 0.25) is 5.02 Å². The maximum absolute atomic E-state index is 5.97. The second-order valence-electron chi connectivity index (χ2n) is 4.45. The molecule has 1 unspecified atom stereocenters. The minimum Gasteiger partial charge on any atom is -0.381 e. The first-order valence-electron chi connectivity index (χ1n) is 5.38. The van der Waals surface area contributed by atoms with Crippen LogP contribution in [-0.2, 0) is 6.42 Å². The molecule has 0 amide bonds. The fourth-order valence-corrected chi connectivity index (χ4v) is 2.68. The second-order valence-corrected chi connectivity index (χ2v) is 4.88. The van der Waals surface area contributed by atoms with E-state index < -0.39 is 0 Å². The van der Waals surface area contributed by atoms with Gasteiger partial charge in [-0.05, 0) is 48.9 Å². The highest BCUT2D eigenvalue weighted by molar-refractivity contribution is 6.30. The molecule has 0 aromatic heterocycles. The Kier molecular flexibility index (Phi) is 1.94. The van der Waals surface area contributed by atoms with Crippen molar-refractivity contribution in [2.24, 2.45) is 5.92 Å². The third kappa shape index (κ3) is 1.31. The van der Waals surface area contributed by atoms with Crippen molar-refractivity contribution in [3.05, 3.63) is 28.8 Å². The highest BCUT2D eigenvalue weighted by atomic mass is 35.5. The molecule has 1 aliphatic heterocycles. The van der Waals surface area contributed by atoms with E-state index in [0.717, 1.165) is 10.9 Å². The Morgan fingerprint density at radius 2 is 2.14 bits per heavy atom. The SMILES string of the molecule is Clc1ccc2c(c1)CC(C1CCC1)N2. The van der Waals surface area contributed by atoms with Crippen LogP contribution in [0.25, 0.3) is 0 Å². The lowest BCUT2D eigenvalue weighted by Gasteiger charge is -2.31. The molecule has 1 nitrogen and oxygen atoms in total. The monoisotopic (exact) mass is 207 g/mol. The molecular weight excluding hydrogens is 194 g/mol. The summed E-state index contributed by atoms with van der Waals surface area (Å²) in [4.78, 5) is 0. The Bertz CT molecular complexity index is 357. The average Bonchev–Trinajstić information content (AvgIpc) is 2.43. The number of hydrogen-bond acceptors (Lipinski definition) is 1. The van der Waals surface area contributed by atoms with Gasteiger partial charge in [-0.1, -0.05) is 18.0 Å². The van der Waals surface area contributed by atoms with Gasteiger partial charge in [0.05, 0.1) is 0 Å². The molecule has 1 aliphatic carbocycles. The van der Waals surface area contributed by atoms with Crippen molar-refractivity contribution in [3.8, 4) is 0 Å². The van der Waals surface area contributed by atoms with Crippen LogP contribution in [0.3, 0.4) is 0 Å². The van der Waals surface area contributed by atoms with Gasteiger partial charge in [0, 0.05) is 16.8 Å². The second kappa shape index (κ2) is 3.16. The topological polar surface area (TPSA) is 12.0 Å². The van der Waals surface area contributed by atoms with Crippen molar-refractivity contribution in [2.75, 3.05) is 5.32 Å². The number of anilines is 1. The van der Waals surface area contributed by atoms with Crippen molar-refractivity contribution in [1.29, 1.82) is 0 Å². The van der Waals surface area contributed by atoms with E-state index in [-0.39, 0.29) is 0 Å². The molecule has 1 N–H and O–H groups in total. The summed E-state index contributed by atoms with van der Waals surface area (Å²) in [5.41, 5.74) is 2.70. The minimum absolute atomic E-state index is 0.678. The number of benzene rings is 1. The van der Waals surface area contributed by atoms with Gasteiger partial charge >= 0.3 is 0 Å². The molecule has 0 spiro atoms. The first kappa shape index (κ1) is 8.60. The largest absolute Gasteiger partial charge is 0.381 e. The van der Waals surface area contributed by atoms with Crippen molar-refractivity contribution >= 4 is 17.3 Å². The van der Waals surface area contributed by atoms with Crippen LogP contribution in [0.4, 0.5) is 5.69 Å². The van der Waals surface area contributed by atoms with E-state index >= 15 is 0 Å². The standard InChI is InChI=1S/C12H14ClN/c13-10-4-5-11-9(6-10)7-12(14-11)8-2-1-3-8/h4-6,8,12,14H,1-3,7H2. The Morgan fingerprint density at radius 3 is 2.86 bits per heavy atom. The molecular formula is C12H14ClN. The van der Waals surface area contributed by atoms with Crippen LogP contribution in [0.5, 0.6) is 0 Å². The highest BCUT2D eigenvalue weighted by Gasteiger charge is 2.31. The average molecular weight is 208 g/mol. The molecule has 1 aromatic rings. The predicted octanol–water partition coefficient (Wildman–Crippen LogP) is 3.48. The van der Waals surface area contributed by atoms with Gasteiger partial charge in [0.1, 0.15) is 0 Å². The van der Waals surface area contributed by atoms with Crippen molar-refractivity contribution < 1.29 is 0 Å². The van der Waals surface area contributed by atoms with Gasteiger partial charge in [0.25, 0.3) is 0 Å². The maximum Gasteiger partial charge on any atom is 0.0410 e. The quantitative estimate of drug-likeness (QED) is 0.744. The molecule has 1 aromatic carbocycles. The van der Waals surface area contributed by atoms with Gasteiger partial charge in [0.2, 0.25) is 0 Å². The molecule has 2 aliphatic rings. The Hall–Kier alpha value is -0.690. The van der Waals surface area contributed by atoms with Crippen LogP contribution < -0.4 is 5.32 Å². The van der Waals surface area contributed by atoms with E-state index in [9.17, 15) is 0 Å². The van der Waals surface area contributed by atoms with E-state index in [1.807, 2.05) is 6.07 Å². The smallest absolute Gasteiger partial charge is 0.0410 e. The van der Waals surface area contributed by atoms with Gasteiger partial charge in [0.15, 0.2) is 0 Å². The van der Waals surface area contributed by atoms with E-state index in [1.54, 1.807) is 0 Å². The molecule has 14 heavy (non-hydrogen) atoms. The van der Waals surface area contributed by atoms with E-state index in [1.165, 1.54) is 36.9 Å². The lowest BCUT2D eigenvalue weighted by molar-refractivity contribution is 0.278. The third-order valence-corrected chi connectivity index (χ3v) is 3.80. The molecule has 1 saturated carbocycles. The summed E-state index contributed by atoms with van der Waals surface area (Å²) in [6, 6.07) is 6.85. The van der Waals surface area contributed by atoms with Crippen LogP contribution >= 0.6 is 11.6 Å². The van der Waals surface area contributed by atoms with Crippen molar-refractivity contribution in [2.45, 2.75) is 31.7 Å². The lowest BCUT2D eigenvalue weighted by Crippen LogP contribution is -2.31. The van der Waals surface area contributed by atoms with Gasteiger partial charge < -0.3 is 5.32 Å². The lowest BCUT2D eigenvalue weighted by atomic mass is 9.79. The minimum atomic E-state index is 0.678. The Balaban J connectivity index is 1.82. The summed E-state index contributed by atoms with van der Waals surface area (Å²) in [7, 11) is 0. The predicted molar refractivity (Wildman–Crippen MR) is 59.9 cm³/mol. The summed E-state index contributed by atoms with van der Waals surface area (Å²) in [6.45, 7) is 0. The van der Waals surface area contributed by atoms with E-state index in [4.69, 9.17) is 11.6 Å². The Morgan fingerprint density at radius 1 is 1.29 bits per heavy atom. The molecule has 0 radical (unpaired) electrons. The molecule has 1 atom stereocenters. The number of hydrogen-bond donors (Lipinski definition) is 1. The molecule has 1 fully saturated rings. The van der Waals surface area contributed by atoms with Gasteiger partial charge in [-0.25, -0.2) is 0 Å². The number of rotatable bonds is 1. The number of nitrogens with one attached hydrogen (secondary N) is 1. The van der Waals surface area contributed by atoms with Crippen LogP contribution in [0.1, 0.15) is 24.8 Å². The summed E-state index contributed by atoms with van der Waals surface area (Å²) in [5.74, 6) is 0.904. The van der Waals surface area contributed by atoms with Crippen molar-refractivity contribution in [3.63, 3.8) is 0 Å². The molecule has 74 valence electrons. The molecule has 0 bridgehead atoms. The fraction of sp³-hybridized carbons (Fsp3) is 0.500. The molecule has 2 heteroatoms. The molecule has 1 heterocycles. The number of fused-ring (bicyclic) bond motifs is 1. The third-order valence-electron chi connectivity index (χ3n) is 3.57. The zero-order chi connectivity index (χ0) is 9.54. The zero-order valence-electron chi connectivity index (χ0n) is 8.09. The fourth-order valence-electron chi connectivity index (χ4n) is 2.49. The van der Waals surface area contributed by atoms with Crippen molar-refractivity contribution in [1.82, 2.24) is 0 Å². The normalized spacial score (nSPS) is 25.4. The first-order valence-corrected chi connectivity index (χ1v) is 5.76. The van der Waals surface area contributed by atoms with Gasteiger partial charge in [-0.2, -0.15) is 0 Å². The Labute approximate surface area is 89.5 Å². The van der Waals surface area contributed by atoms with Crippen LogP contribution in [0, 0.1) is 5.92 Å². The molecule has 3 rings (SSSR count). The van der Waals surface area contributed by atoms with E-state index in [0.29, 0.717) is 6.04 Å². The summed E-state index contributed by atoms with van der Waals surface area (Å²) in [6.07, 6.45) is 5.39. The summed E-state index contributed by atoms with van der Waals surface area (Å²) in [5, 5.41) is 4.47.